The molecule has 0 radical (unpaired) electrons. The van der Waals surface area contributed by atoms with Gasteiger partial charge in [0.05, 0.1) is 30.4 Å². The number of hydrogen-bond acceptors (Lipinski definition) is 22. The Morgan fingerprint density at radius 2 is 1.28 bits per heavy atom. The fourth-order valence-corrected chi connectivity index (χ4v) is 7.41. The molecule has 0 aromatic heterocycles. The zero-order valence-electron chi connectivity index (χ0n) is 33.8. The second kappa shape index (κ2) is 20.0. The Morgan fingerprint density at radius 1 is 0.662 bits per heavy atom. The summed E-state index contributed by atoms with van der Waals surface area (Å²) in [7, 11) is 0. The summed E-state index contributed by atoms with van der Waals surface area (Å²) in [4.78, 5) is 12.8. The van der Waals surface area contributed by atoms with Crippen LogP contribution < -0.4 is 0 Å². The van der Waals surface area contributed by atoms with Crippen molar-refractivity contribution in [3.05, 3.63) is 101 Å². The van der Waals surface area contributed by atoms with Crippen LogP contribution in [-0.4, -0.2) is 200 Å². The second-order valence-corrected chi connectivity index (χ2v) is 15.5. The van der Waals surface area contributed by atoms with Gasteiger partial charge in [-0.1, -0.05) is 12.1 Å². The molecular formula is C42H49O23+. The number of aliphatic hydroxyl groups excluding tert-OH is 11. The van der Waals surface area contributed by atoms with Crippen LogP contribution in [0.4, 0.5) is 0 Å². The van der Waals surface area contributed by atoms with Crippen molar-refractivity contribution in [1.82, 2.24) is 0 Å². The number of ether oxygens (including phenoxy) is 8. The minimum absolute atomic E-state index is 0.00693. The van der Waals surface area contributed by atoms with Gasteiger partial charge in [0.2, 0.25) is 24.4 Å². The third kappa shape index (κ3) is 10.2. The number of aliphatic hydroxyl groups is 13. The van der Waals surface area contributed by atoms with Gasteiger partial charge in [-0.25, -0.2) is 4.79 Å². The van der Waals surface area contributed by atoms with E-state index in [0.717, 1.165) is 24.3 Å². The van der Waals surface area contributed by atoms with Crippen molar-refractivity contribution in [2.24, 2.45) is 0 Å². The Hall–Kier alpha value is -5.35. The number of benzene rings is 2. The molecule has 3 saturated heterocycles. The molecule has 2 aromatic rings. The smallest absolute Gasteiger partial charge is 0.330 e. The van der Waals surface area contributed by atoms with Gasteiger partial charge in [0.1, 0.15) is 91.0 Å². The Kier molecular flexibility index (Phi) is 14.7. The molecule has 16 atom stereocenters. The first-order chi connectivity index (χ1) is 31.0. The maximum Gasteiger partial charge on any atom is 0.330 e. The van der Waals surface area contributed by atoms with Crippen LogP contribution in [0.5, 0.6) is 17.2 Å². The Bertz CT molecular complexity index is 2170. The van der Waals surface area contributed by atoms with Crippen LogP contribution in [-0.2, 0) is 38.0 Å². The van der Waals surface area contributed by atoms with Crippen molar-refractivity contribution < 1.29 is 114 Å². The Labute approximate surface area is 367 Å². The SMILES string of the molecule is O=C(/C=C/c1ccc(O)cc1)OCC1O[C@@H](OC2=C(c3ccc(O)c(O)c3)[OH+]C3C=C(O)C=C(O[C@@H]4OC(CO)[C@@H](O)[C@H](O)C4O)C3=C2)[C@H](O[C@@H]2OC(CO)[C@@H](O)[C@H](O)C2O)C(O)[C@@H]1O. The maximum atomic E-state index is 12.8. The highest BCUT2D eigenvalue weighted by Crippen LogP contribution is 2.41. The number of phenols is 3. The first-order valence-electron chi connectivity index (χ1n) is 20.0. The van der Waals surface area contributed by atoms with Crippen LogP contribution in [0.25, 0.3) is 11.8 Å². The summed E-state index contributed by atoms with van der Waals surface area (Å²) in [5, 5.41) is 147. The summed E-state index contributed by atoms with van der Waals surface area (Å²) >= 11 is 0. The predicted molar refractivity (Wildman–Crippen MR) is 213 cm³/mol. The molecule has 3 fully saturated rings. The number of rotatable bonds is 13. The van der Waals surface area contributed by atoms with E-state index in [1.807, 2.05) is 0 Å². The Balaban J connectivity index is 1.24. The van der Waals surface area contributed by atoms with Gasteiger partial charge in [-0.3, -0.25) is 0 Å². The molecule has 0 spiro atoms. The third-order valence-electron chi connectivity index (χ3n) is 11.1. The van der Waals surface area contributed by atoms with E-state index in [1.165, 1.54) is 48.6 Å². The Morgan fingerprint density at radius 3 is 1.92 bits per heavy atom. The predicted octanol–water partition coefficient (Wildman–Crippen LogP) is -3.63. The molecule has 354 valence electrons. The zero-order chi connectivity index (χ0) is 46.9. The molecule has 2 aromatic carbocycles. The van der Waals surface area contributed by atoms with Gasteiger partial charge in [0, 0.05) is 24.3 Å². The molecule has 7 unspecified atom stereocenters. The highest BCUT2D eigenvalue weighted by atomic mass is 16.8. The number of hydrogen-bond donors (Lipinski definition) is 14. The van der Waals surface area contributed by atoms with E-state index in [1.54, 1.807) is 0 Å². The molecule has 7 rings (SSSR count). The molecule has 65 heavy (non-hydrogen) atoms. The minimum Gasteiger partial charge on any atom is -0.571 e. The first kappa shape index (κ1) is 47.6. The molecule has 4 heterocycles. The number of carbonyl (C=O) groups is 1. The van der Waals surface area contributed by atoms with E-state index in [9.17, 15) is 76.3 Å². The molecule has 15 N–H and O–H groups in total. The molecule has 1 aliphatic carbocycles. The van der Waals surface area contributed by atoms with Crippen LogP contribution >= 0.6 is 0 Å². The number of phenolic OH excluding ortho intramolecular Hbond substituents is 3. The summed E-state index contributed by atoms with van der Waals surface area (Å²) < 4.78 is 45.2. The highest BCUT2D eigenvalue weighted by Gasteiger charge is 2.53. The third-order valence-corrected chi connectivity index (χ3v) is 11.1. The minimum atomic E-state index is -2.06. The van der Waals surface area contributed by atoms with Crippen LogP contribution in [0.1, 0.15) is 11.1 Å². The fraction of sp³-hybridized carbons (Fsp3) is 0.452. The topological polar surface area (TPSA) is 378 Å². The first-order valence-corrected chi connectivity index (χ1v) is 20.0. The van der Waals surface area contributed by atoms with E-state index in [4.69, 9.17) is 33.2 Å². The lowest BCUT2D eigenvalue weighted by Crippen LogP contribution is -2.64. The molecule has 5 aliphatic rings. The van der Waals surface area contributed by atoms with Crippen LogP contribution in [0.15, 0.2) is 89.6 Å². The molecular weight excluding hydrogens is 872 g/mol. The molecule has 0 saturated carbocycles. The van der Waals surface area contributed by atoms with E-state index < -0.39 is 141 Å². The van der Waals surface area contributed by atoms with Gasteiger partial charge in [-0.2, -0.15) is 0 Å². The average Bonchev–Trinajstić information content (AvgIpc) is 3.29. The average molecular weight is 922 g/mol. The van der Waals surface area contributed by atoms with Crippen molar-refractivity contribution in [3.63, 3.8) is 0 Å². The van der Waals surface area contributed by atoms with Crippen LogP contribution in [0, 0.1) is 0 Å². The number of aromatic hydroxyl groups is 3. The van der Waals surface area contributed by atoms with Gasteiger partial charge < -0.3 is 109 Å². The molecule has 4 aliphatic heterocycles. The quantitative estimate of drug-likeness (QED) is 0.0399. The lowest BCUT2D eigenvalue weighted by molar-refractivity contribution is -0.363. The van der Waals surface area contributed by atoms with Crippen molar-refractivity contribution in [1.29, 1.82) is 0 Å². The largest absolute Gasteiger partial charge is 0.571 e. The van der Waals surface area contributed by atoms with Crippen molar-refractivity contribution >= 4 is 17.8 Å². The van der Waals surface area contributed by atoms with E-state index in [-0.39, 0.29) is 34.2 Å². The summed E-state index contributed by atoms with van der Waals surface area (Å²) in [5.74, 6) is -3.17. The van der Waals surface area contributed by atoms with Gasteiger partial charge in [0.25, 0.3) is 0 Å². The van der Waals surface area contributed by atoms with Crippen molar-refractivity contribution in [2.45, 2.75) is 98.2 Å². The van der Waals surface area contributed by atoms with Gasteiger partial charge in [0.15, 0.2) is 23.9 Å². The van der Waals surface area contributed by atoms with E-state index in [2.05, 4.69) is 4.74 Å². The molecule has 23 nitrogen and oxygen atoms in total. The zero-order valence-corrected chi connectivity index (χ0v) is 33.8. The fourth-order valence-electron chi connectivity index (χ4n) is 7.41. The molecule has 0 bridgehead atoms. The number of fused-ring (bicyclic) bond motifs is 1. The van der Waals surface area contributed by atoms with Gasteiger partial charge >= 0.3 is 11.7 Å². The lowest BCUT2D eigenvalue weighted by Gasteiger charge is -2.46. The lowest BCUT2D eigenvalue weighted by atomic mass is 9.95. The van der Waals surface area contributed by atoms with Gasteiger partial charge in [-0.05, 0) is 35.9 Å². The number of carbonyl (C=O) groups excluding carboxylic acids is 1. The van der Waals surface area contributed by atoms with E-state index >= 15 is 0 Å². The standard InChI is InChI=1S/C42H48O23/c43-13-26-30(50)33(53)36(56)40(62-26)60-24-11-19(46)10-23-20(24)12-25(38(59-23)17-4-7-21(47)22(48)9-17)61-42-39(65-41-37(57)34(54)31(51)27(14-44)63-41)35(55)32(52)28(64-42)15-58-29(49)8-3-16-1-5-18(45)6-2-16/h1-12,23,26-28,30-37,39-48,50-57H,13-15H2/p+1/b8-3+/t23?,26?,27?,28?,30-,31-,32-,33+,34+,35?,36?,37?,39-,40-,41+,42-/m1/s1. The summed E-state index contributed by atoms with van der Waals surface area (Å²) in [5.41, 5.74) is 0.639. The second-order valence-electron chi connectivity index (χ2n) is 15.5. The summed E-state index contributed by atoms with van der Waals surface area (Å²) in [6.45, 7) is -2.37. The normalized spacial score (nSPS) is 36.2. The number of allylic oxidation sites excluding steroid dienone is 2. The van der Waals surface area contributed by atoms with Crippen molar-refractivity contribution in [3.8, 4) is 17.2 Å². The highest BCUT2D eigenvalue weighted by molar-refractivity contribution is 5.87. The maximum absolute atomic E-state index is 12.8. The van der Waals surface area contributed by atoms with Crippen molar-refractivity contribution in [2.75, 3.05) is 19.8 Å². The summed E-state index contributed by atoms with van der Waals surface area (Å²) in [6.07, 6.45) is -22.4. The number of esters is 1. The van der Waals surface area contributed by atoms with E-state index in [0.29, 0.717) is 5.56 Å². The molecule has 23 heteroatoms. The summed E-state index contributed by atoms with van der Waals surface area (Å²) in [6, 6.07) is 9.35. The van der Waals surface area contributed by atoms with Crippen LogP contribution in [0.3, 0.4) is 0 Å². The van der Waals surface area contributed by atoms with Crippen LogP contribution in [0.2, 0.25) is 0 Å². The van der Waals surface area contributed by atoms with Gasteiger partial charge in [-0.15, -0.1) is 0 Å². The monoisotopic (exact) mass is 921 g/mol. The molecule has 0 amide bonds.